The van der Waals surface area contributed by atoms with Crippen LogP contribution in [0.15, 0.2) is 42.5 Å². The Morgan fingerprint density at radius 2 is 1.75 bits per heavy atom. The van der Waals surface area contributed by atoms with Gasteiger partial charge in [-0.1, -0.05) is 30.3 Å². The summed E-state index contributed by atoms with van der Waals surface area (Å²) in [5, 5.41) is 10.8. The Balaban J connectivity index is 2.20. The van der Waals surface area contributed by atoms with Crippen molar-refractivity contribution in [2.45, 2.75) is 12.8 Å². The zero-order valence-corrected chi connectivity index (χ0v) is 13.5. The predicted octanol–water partition coefficient (Wildman–Crippen LogP) is 2.91. The van der Waals surface area contributed by atoms with Crippen LogP contribution in [0.4, 0.5) is 0 Å². The summed E-state index contributed by atoms with van der Waals surface area (Å²) in [5.41, 5.74) is 2.01. The summed E-state index contributed by atoms with van der Waals surface area (Å²) in [5.74, 6) is -1.42. The Bertz CT molecular complexity index is 1040. The Labute approximate surface area is 138 Å². The first-order valence-electron chi connectivity index (χ1n) is 7.35. The highest BCUT2D eigenvalue weighted by Crippen LogP contribution is 2.29. The van der Waals surface area contributed by atoms with E-state index in [1.165, 1.54) is 0 Å². The van der Waals surface area contributed by atoms with Crippen LogP contribution in [0, 0.1) is 0 Å². The van der Waals surface area contributed by atoms with Gasteiger partial charge in [-0.2, -0.15) is 8.42 Å². The molecule has 0 unspecified atom stereocenters. The van der Waals surface area contributed by atoms with Crippen molar-refractivity contribution in [3.8, 4) is 0 Å². The highest BCUT2D eigenvalue weighted by molar-refractivity contribution is 7.85. The van der Waals surface area contributed by atoms with Crippen LogP contribution in [-0.2, 0) is 16.5 Å². The van der Waals surface area contributed by atoms with E-state index in [9.17, 15) is 18.3 Å². The molecule has 1 heterocycles. The van der Waals surface area contributed by atoms with Gasteiger partial charge in [0.15, 0.2) is 0 Å². The van der Waals surface area contributed by atoms with Gasteiger partial charge in [-0.25, -0.2) is 9.78 Å². The smallest absolute Gasteiger partial charge is 0.337 e. The normalized spacial score (nSPS) is 11.9. The van der Waals surface area contributed by atoms with Gasteiger partial charge in [-0.05, 0) is 30.5 Å². The highest BCUT2D eigenvalue weighted by Gasteiger charge is 2.18. The van der Waals surface area contributed by atoms with Crippen molar-refractivity contribution < 1.29 is 22.9 Å². The lowest BCUT2D eigenvalue weighted by molar-refractivity contribution is 0.0701. The van der Waals surface area contributed by atoms with Crippen molar-refractivity contribution in [1.29, 1.82) is 0 Å². The molecule has 6 nitrogen and oxygen atoms in total. The third-order valence-electron chi connectivity index (χ3n) is 3.86. The largest absolute Gasteiger partial charge is 0.478 e. The molecule has 1 aromatic heterocycles. The van der Waals surface area contributed by atoms with Gasteiger partial charge in [0.25, 0.3) is 10.1 Å². The molecule has 0 radical (unpaired) electrons. The van der Waals surface area contributed by atoms with Gasteiger partial charge in [0, 0.05) is 10.8 Å². The summed E-state index contributed by atoms with van der Waals surface area (Å²) in [7, 11) is -4.04. The SMILES string of the molecule is O=C(O)c1c2ccccc2nc2cccc(CCCS(=O)(=O)O)c12. The third kappa shape index (κ3) is 3.22. The van der Waals surface area contributed by atoms with Crippen molar-refractivity contribution >= 4 is 37.9 Å². The fourth-order valence-corrected chi connectivity index (χ4v) is 3.40. The van der Waals surface area contributed by atoms with Crippen LogP contribution < -0.4 is 0 Å². The molecule has 0 aliphatic carbocycles. The molecule has 3 rings (SSSR count). The van der Waals surface area contributed by atoms with E-state index in [1.807, 2.05) is 0 Å². The number of carboxylic acid groups (broad SMARTS) is 1. The van der Waals surface area contributed by atoms with Gasteiger partial charge in [0.1, 0.15) is 0 Å². The Hall–Kier alpha value is -2.51. The molecular weight excluding hydrogens is 330 g/mol. The van der Waals surface area contributed by atoms with Crippen molar-refractivity contribution in [2.75, 3.05) is 5.75 Å². The number of rotatable bonds is 5. The van der Waals surface area contributed by atoms with Gasteiger partial charge in [0.2, 0.25) is 0 Å². The maximum absolute atomic E-state index is 11.9. The molecule has 0 amide bonds. The lowest BCUT2D eigenvalue weighted by Crippen LogP contribution is -2.06. The number of carboxylic acids is 1. The van der Waals surface area contributed by atoms with E-state index in [-0.39, 0.29) is 17.7 Å². The summed E-state index contributed by atoms with van der Waals surface area (Å²) in [4.78, 5) is 16.4. The average Bonchev–Trinajstić information content (AvgIpc) is 2.51. The van der Waals surface area contributed by atoms with Gasteiger partial charge < -0.3 is 5.11 Å². The van der Waals surface area contributed by atoms with Crippen molar-refractivity contribution in [2.24, 2.45) is 0 Å². The van der Waals surface area contributed by atoms with E-state index in [0.717, 1.165) is 0 Å². The molecule has 2 aromatic carbocycles. The maximum Gasteiger partial charge on any atom is 0.337 e. The topological polar surface area (TPSA) is 105 Å². The van der Waals surface area contributed by atoms with Gasteiger partial charge >= 0.3 is 5.97 Å². The molecule has 24 heavy (non-hydrogen) atoms. The lowest BCUT2D eigenvalue weighted by Gasteiger charge is -2.11. The molecule has 0 bridgehead atoms. The molecule has 3 aromatic rings. The molecule has 0 atom stereocenters. The molecule has 0 saturated carbocycles. The highest BCUT2D eigenvalue weighted by atomic mass is 32.2. The van der Waals surface area contributed by atoms with E-state index >= 15 is 0 Å². The summed E-state index contributed by atoms with van der Waals surface area (Å²) in [6.45, 7) is 0. The van der Waals surface area contributed by atoms with Crippen LogP contribution in [0.5, 0.6) is 0 Å². The molecule has 0 aliphatic rings. The number of aromatic nitrogens is 1. The number of aromatic carboxylic acids is 1. The molecule has 124 valence electrons. The molecule has 0 spiro atoms. The minimum atomic E-state index is -4.04. The number of carbonyl (C=O) groups is 1. The molecule has 0 aliphatic heterocycles. The van der Waals surface area contributed by atoms with Crippen LogP contribution in [-0.4, -0.2) is 34.8 Å². The van der Waals surface area contributed by atoms with E-state index in [0.29, 0.717) is 33.8 Å². The molecule has 2 N–H and O–H groups in total. The van der Waals surface area contributed by atoms with Crippen molar-refractivity contribution in [3.05, 3.63) is 53.6 Å². The number of pyridine rings is 1. The molecule has 0 saturated heterocycles. The number of benzene rings is 2. The van der Waals surface area contributed by atoms with Gasteiger partial charge in [-0.3, -0.25) is 4.55 Å². The average molecular weight is 345 g/mol. The second-order valence-corrected chi connectivity index (χ2v) is 7.08. The fourth-order valence-electron chi connectivity index (χ4n) is 2.89. The van der Waals surface area contributed by atoms with Crippen LogP contribution in [0.2, 0.25) is 0 Å². The van der Waals surface area contributed by atoms with Crippen LogP contribution >= 0.6 is 0 Å². The second-order valence-electron chi connectivity index (χ2n) is 5.51. The number of nitrogens with zero attached hydrogens (tertiary/aromatic N) is 1. The standard InChI is InChI=1S/C17H15NO5S/c19-17(20)16-12-7-1-2-8-13(12)18-14-9-3-5-11(15(14)16)6-4-10-24(21,22)23/h1-3,5,7-9H,4,6,10H2,(H,19,20)(H,21,22,23). The van der Waals surface area contributed by atoms with E-state index in [1.54, 1.807) is 42.5 Å². The first-order valence-corrected chi connectivity index (χ1v) is 8.96. The Kier molecular flexibility index (Phi) is 4.21. The lowest BCUT2D eigenvalue weighted by atomic mass is 9.96. The summed E-state index contributed by atoms with van der Waals surface area (Å²) < 4.78 is 30.6. The number of fused-ring (bicyclic) bond motifs is 2. The maximum atomic E-state index is 11.9. The molecular formula is C17H15NO5S. The second kappa shape index (κ2) is 6.18. The quantitative estimate of drug-likeness (QED) is 0.544. The summed E-state index contributed by atoms with van der Waals surface area (Å²) in [6.07, 6.45) is 0.529. The van der Waals surface area contributed by atoms with Crippen LogP contribution in [0.3, 0.4) is 0 Å². The van der Waals surface area contributed by atoms with Gasteiger partial charge in [-0.15, -0.1) is 0 Å². The first kappa shape index (κ1) is 16.4. The van der Waals surface area contributed by atoms with Crippen LogP contribution in [0.25, 0.3) is 21.8 Å². The minimum absolute atomic E-state index is 0.165. The Morgan fingerprint density at radius 1 is 1.04 bits per heavy atom. The summed E-state index contributed by atoms with van der Waals surface area (Å²) in [6, 6.07) is 12.3. The fraction of sp³-hybridized carbons (Fsp3) is 0.176. The van der Waals surface area contributed by atoms with Crippen molar-refractivity contribution in [3.63, 3.8) is 0 Å². The van der Waals surface area contributed by atoms with E-state index < -0.39 is 16.1 Å². The first-order chi connectivity index (χ1) is 11.4. The zero-order chi connectivity index (χ0) is 17.3. The van der Waals surface area contributed by atoms with E-state index in [4.69, 9.17) is 4.55 Å². The van der Waals surface area contributed by atoms with Crippen LogP contribution in [0.1, 0.15) is 22.3 Å². The van der Waals surface area contributed by atoms with E-state index in [2.05, 4.69) is 4.98 Å². The summed E-state index contributed by atoms with van der Waals surface area (Å²) >= 11 is 0. The Morgan fingerprint density at radius 3 is 2.46 bits per heavy atom. The molecule has 0 fully saturated rings. The number of aryl methyl sites for hydroxylation is 1. The zero-order valence-electron chi connectivity index (χ0n) is 12.6. The minimum Gasteiger partial charge on any atom is -0.478 e. The predicted molar refractivity (Wildman–Crippen MR) is 90.9 cm³/mol. The number of para-hydroxylation sites is 1. The molecule has 7 heteroatoms. The van der Waals surface area contributed by atoms with Crippen molar-refractivity contribution in [1.82, 2.24) is 4.98 Å². The number of hydrogen-bond donors (Lipinski definition) is 2. The number of hydrogen-bond acceptors (Lipinski definition) is 4. The van der Waals surface area contributed by atoms with Gasteiger partial charge in [0.05, 0.1) is 22.3 Å². The monoisotopic (exact) mass is 345 g/mol. The third-order valence-corrected chi connectivity index (χ3v) is 4.66.